The Balaban J connectivity index is 0.000000220. The van der Waals surface area contributed by atoms with E-state index in [-0.39, 0.29) is 10.8 Å². The third kappa shape index (κ3) is 6.73. The van der Waals surface area contributed by atoms with Crippen LogP contribution < -0.4 is 0 Å². The van der Waals surface area contributed by atoms with Crippen LogP contribution in [0.3, 0.4) is 0 Å². The van der Waals surface area contributed by atoms with E-state index in [1.54, 1.807) is 0 Å². The van der Waals surface area contributed by atoms with Crippen molar-refractivity contribution < 1.29 is 24.2 Å². The van der Waals surface area contributed by atoms with Crippen molar-refractivity contribution in [1.82, 2.24) is 0 Å². The summed E-state index contributed by atoms with van der Waals surface area (Å²) in [5, 5.41) is 5.61. The molecule has 218 valence electrons. The number of fused-ring (bicyclic) bond motifs is 3. The van der Waals surface area contributed by atoms with E-state index in [1.807, 2.05) is 0 Å². The molecule has 0 radical (unpaired) electrons. The monoisotopic (exact) mass is 639 g/mol. The Morgan fingerprint density at radius 1 is 0.744 bits per heavy atom. The van der Waals surface area contributed by atoms with Gasteiger partial charge in [-0.05, 0) is 23.2 Å². The molecule has 6 rings (SSSR count). The molecule has 1 heteroatoms. The van der Waals surface area contributed by atoms with Gasteiger partial charge in [-0.1, -0.05) is 120 Å². The van der Waals surface area contributed by atoms with Crippen LogP contribution in [-0.2, 0) is 35.1 Å². The van der Waals surface area contributed by atoms with Crippen LogP contribution in [0.2, 0.25) is 0 Å². The Hall–Kier alpha value is -3.02. The Bertz CT molecular complexity index is 1770. The van der Waals surface area contributed by atoms with Gasteiger partial charge < -0.3 is 0 Å². The second-order valence-corrected chi connectivity index (χ2v) is 15.4. The van der Waals surface area contributed by atoms with E-state index < -0.39 is 0 Å². The standard InChI is InChI=1S/C29H35.C13H10.Zr/c1-18(2)23-17-24-22-14-13-21(28(3,4)5)15-20(22)16-25(24)26(19-11-9-10-12-19)27(23)29(6,7)8;1-3-7-12(8-4-1)11-13-9-5-2-6-10-13;/h9-11,13-18H,12H2,1-8H3;1-10H;/q-1;;. The van der Waals surface area contributed by atoms with Gasteiger partial charge in [0.1, 0.15) is 0 Å². The number of hydrogen-bond donors (Lipinski definition) is 0. The molecule has 0 spiro atoms. The first-order chi connectivity index (χ1) is 20.4. The molecular formula is C42H45Zr-. The van der Waals surface area contributed by atoms with Crippen LogP contribution in [0.5, 0.6) is 0 Å². The summed E-state index contributed by atoms with van der Waals surface area (Å²) >= 11 is 1.46. The van der Waals surface area contributed by atoms with E-state index in [0.717, 1.165) is 6.42 Å². The van der Waals surface area contributed by atoms with Crippen LogP contribution in [0.4, 0.5) is 0 Å². The summed E-state index contributed by atoms with van der Waals surface area (Å²) in [6, 6.07) is 33.1. The molecule has 1 aliphatic carbocycles. The van der Waals surface area contributed by atoms with Crippen molar-refractivity contribution in [2.24, 2.45) is 0 Å². The Morgan fingerprint density at radius 3 is 1.84 bits per heavy atom. The number of benzene rings is 4. The van der Waals surface area contributed by atoms with Crippen molar-refractivity contribution in [3.8, 4) is 0 Å². The molecule has 0 fully saturated rings. The van der Waals surface area contributed by atoms with Crippen molar-refractivity contribution >= 4 is 30.3 Å². The number of hydrogen-bond acceptors (Lipinski definition) is 0. The van der Waals surface area contributed by atoms with Gasteiger partial charge in [-0.25, -0.2) is 0 Å². The van der Waals surface area contributed by atoms with Gasteiger partial charge in [-0.2, -0.15) is 0 Å². The minimum absolute atomic E-state index is 0.104. The molecule has 0 bridgehead atoms. The van der Waals surface area contributed by atoms with Crippen LogP contribution in [-0.4, -0.2) is 3.21 Å². The fourth-order valence-corrected chi connectivity index (χ4v) is 7.07. The summed E-state index contributed by atoms with van der Waals surface area (Å²) in [5.41, 5.74) is 10.3. The molecule has 0 N–H and O–H groups in total. The molecule has 0 heterocycles. The molecule has 43 heavy (non-hydrogen) atoms. The zero-order chi connectivity index (χ0) is 30.9. The SMILES string of the molecule is CC(C)c1cc2c([cH-]c3cc(C(C)(C)C)ccc32)c(C2=CC=CC2)c1C(C)(C)C.[Zr]=[C](c1ccccc1)c1ccccc1. The molecule has 0 saturated heterocycles. The summed E-state index contributed by atoms with van der Waals surface area (Å²) in [5.74, 6) is 0.501. The maximum atomic E-state index is 2.49. The molecule has 0 atom stereocenters. The van der Waals surface area contributed by atoms with Gasteiger partial charge in [0.2, 0.25) is 0 Å². The molecule has 0 aliphatic heterocycles. The van der Waals surface area contributed by atoms with Gasteiger partial charge in [-0.15, -0.1) is 33.7 Å². The van der Waals surface area contributed by atoms with Crippen LogP contribution in [0.1, 0.15) is 101 Å². The van der Waals surface area contributed by atoms with E-state index in [9.17, 15) is 0 Å². The first-order valence-corrected chi connectivity index (χ1v) is 16.9. The van der Waals surface area contributed by atoms with E-state index in [4.69, 9.17) is 0 Å². The van der Waals surface area contributed by atoms with Gasteiger partial charge in [0, 0.05) is 0 Å². The fraction of sp³-hybridized carbons (Fsp3) is 0.286. The molecule has 5 aromatic carbocycles. The van der Waals surface area contributed by atoms with Crippen molar-refractivity contribution in [3.63, 3.8) is 0 Å². The van der Waals surface area contributed by atoms with Gasteiger partial charge in [0.25, 0.3) is 0 Å². The summed E-state index contributed by atoms with van der Waals surface area (Å²) in [6.07, 6.45) is 7.87. The first-order valence-electron chi connectivity index (χ1n) is 15.6. The van der Waals surface area contributed by atoms with Gasteiger partial charge >= 0.3 is 99.2 Å². The second-order valence-electron chi connectivity index (χ2n) is 14.2. The van der Waals surface area contributed by atoms with Crippen LogP contribution in [0, 0.1) is 0 Å². The quantitative estimate of drug-likeness (QED) is 0.171. The summed E-state index contributed by atoms with van der Waals surface area (Å²) in [7, 11) is 0. The van der Waals surface area contributed by atoms with Crippen LogP contribution in [0.25, 0.3) is 27.1 Å². The van der Waals surface area contributed by atoms with Gasteiger partial charge in [-0.3, -0.25) is 0 Å². The normalized spacial score (nSPS) is 13.3. The van der Waals surface area contributed by atoms with Crippen molar-refractivity contribution in [2.45, 2.75) is 78.6 Å². The Morgan fingerprint density at radius 2 is 1.35 bits per heavy atom. The van der Waals surface area contributed by atoms with Gasteiger partial charge in [0.05, 0.1) is 0 Å². The number of allylic oxidation sites excluding steroid dienone is 4. The Labute approximate surface area is 274 Å². The predicted octanol–water partition coefficient (Wildman–Crippen LogP) is 11.6. The molecule has 0 aromatic heterocycles. The maximum absolute atomic E-state index is 2.49. The van der Waals surface area contributed by atoms with E-state index in [2.05, 4.69) is 165 Å². The Kier molecular flexibility index (Phi) is 9.16. The summed E-state index contributed by atoms with van der Waals surface area (Å²) in [4.78, 5) is 0. The molecule has 0 unspecified atom stereocenters. The summed E-state index contributed by atoms with van der Waals surface area (Å²) in [6.45, 7) is 18.7. The zero-order valence-electron chi connectivity index (χ0n) is 27.2. The predicted molar refractivity (Wildman–Crippen MR) is 186 cm³/mol. The van der Waals surface area contributed by atoms with Crippen molar-refractivity contribution in [2.75, 3.05) is 0 Å². The topological polar surface area (TPSA) is 0 Å². The second kappa shape index (κ2) is 12.5. The van der Waals surface area contributed by atoms with Gasteiger partial charge in [0.15, 0.2) is 0 Å². The molecule has 1 aliphatic rings. The van der Waals surface area contributed by atoms with Crippen molar-refractivity contribution in [3.05, 3.63) is 143 Å². The van der Waals surface area contributed by atoms with E-state index >= 15 is 0 Å². The van der Waals surface area contributed by atoms with E-state index in [1.165, 1.54) is 87.9 Å². The van der Waals surface area contributed by atoms with Crippen LogP contribution >= 0.6 is 0 Å². The molecule has 0 nitrogen and oxygen atoms in total. The first kappa shape index (κ1) is 31.4. The number of rotatable bonds is 4. The third-order valence-corrected chi connectivity index (χ3v) is 9.91. The third-order valence-electron chi connectivity index (χ3n) is 8.49. The van der Waals surface area contributed by atoms with E-state index in [0.29, 0.717) is 5.92 Å². The molecule has 5 aromatic rings. The van der Waals surface area contributed by atoms with Crippen LogP contribution in [0.15, 0.2) is 109 Å². The minimum atomic E-state index is 0.104. The average Bonchev–Trinajstić information content (AvgIpc) is 3.64. The molecular weight excluding hydrogens is 596 g/mol. The molecule has 0 saturated carbocycles. The summed E-state index contributed by atoms with van der Waals surface area (Å²) < 4.78 is 1.42. The average molecular weight is 641 g/mol. The fourth-order valence-electron chi connectivity index (χ4n) is 6.25. The zero-order valence-corrected chi connectivity index (χ0v) is 29.6. The molecule has 0 amide bonds. The van der Waals surface area contributed by atoms with Crippen molar-refractivity contribution in [1.29, 1.82) is 0 Å².